The Labute approximate surface area is 160 Å². The van der Waals surface area contributed by atoms with E-state index in [1.807, 2.05) is 41.2 Å². The normalized spacial score (nSPS) is 19.4. The molecule has 142 valence electrons. The summed E-state index contributed by atoms with van der Waals surface area (Å²) in [6, 6.07) is 9.83. The predicted molar refractivity (Wildman–Crippen MR) is 104 cm³/mol. The molecule has 1 aromatic carbocycles. The summed E-state index contributed by atoms with van der Waals surface area (Å²) in [5, 5.41) is 10.9. The highest BCUT2D eigenvalue weighted by Gasteiger charge is 2.29. The van der Waals surface area contributed by atoms with Gasteiger partial charge in [-0.3, -0.25) is 4.79 Å². The summed E-state index contributed by atoms with van der Waals surface area (Å²) >= 11 is 0. The first-order chi connectivity index (χ1) is 12.1. The molecule has 0 saturated carbocycles. The number of benzene rings is 1. The van der Waals surface area contributed by atoms with Crippen molar-refractivity contribution in [1.82, 2.24) is 20.4 Å². The lowest BCUT2D eigenvalue weighted by atomic mass is 10.1. The Kier molecular flexibility index (Phi) is 7.20. The van der Waals surface area contributed by atoms with Crippen molar-refractivity contribution in [3.8, 4) is 5.69 Å². The molecule has 0 unspecified atom stereocenters. The van der Waals surface area contributed by atoms with Crippen molar-refractivity contribution >= 4 is 18.3 Å². The van der Waals surface area contributed by atoms with Crippen LogP contribution in [0.1, 0.15) is 37.4 Å². The maximum atomic E-state index is 12.4. The minimum atomic E-state index is -0.184. The Morgan fingerprint density at radius 2 is 2.12 bits per heavy atom. The van der Waals surface area contributed by atoms with Crippen molar-refractivity contribution in [3.05, 3.63) is 47.8 Å². The van der Waals surface area contributed by atoms with E-state index in [-0.39, 0.29) is 30.5 Å². The molecule has 0 spiro atoms. The maximum absolute atomic E-state index is 12.4. The fraction of sp³-hybridized carbons (Fsp3) is 0.474. The third-order valence-corrected chi connectivity index (χ3v) is 4.58. The average Bonchev–Trinajstić information content (AvgIpc) is 3.27. The van der Waals surface area contributed by atoms with Gasteiger partial charge in [0.05, 0.1) is 23.5 Å². The number of nitrogens with zero attached hydrogens (tertiary/aromatic N) is 2. The molecule has 2 aromatic rings. The monoisotopic (exact) mass is 378 g/mol. The highest BCUT2D eigenvalue weighted by Crippen LogP contribution is 2.20. The molecule has 0 aliphatic carbocycles. The third kappa shape index (κ3) is 4.63. The van der Waals surface area contributed by atoms with Crippen LogP contribution in [0.2, 0.25) is 0 Å². The predicted octanol–water partition coefficient (Wildman–Crippen LogP) is 2.41. The first-order valence-electron chi connectivity index (χ1n) is 8.76. The van der Waals surface area contributed by atoms with Crippen LogP contribution in [0, 0.1) is 0 Å². The number of nitrogens with one attached hydrogen (secondary N) is 2. The molecular weight excluding hydrogens is 352 g/mol. The molecule has 2 heterocycles. The van der Waals surface area contributed by atoms with Crippen LogP contribution >= 0.6 is 12.4 Å². The minimum Gasteiger partial charge on any atom is -0.380 e. The first kappa shape index (κ1) is 20.4. The molecule has 26 heavy (non-hydrogen) atoms. The van der Waals surface area contributed by atoms with Crippen LogP contribution in [0.15, 0.2) is 36.5 Å². The Morgan fingerprint density at radius 1 is 1.38 bits per heavy atom. The quantitative estimate of drug-likeness (QED) is 0.810. The molecule has 1 aromatic heterocycles. The molecule has 1 aliphatic heterocycles. The Morgan fingerprint density at radius 3 is 2.73 bits per heavy atom. The number of hydrogen-bond acceptors (Lipinski definition) is 4. The molecule has 3 rings (SSSR count). The van der Waals surface area contributed by atoms with Gasteiger partial charge in [0, 0.05) is 32.0 Å². The number of aromatic nitrogens is 2. The van der Waals surface area contributed by atoms with Crippen LogP contribution in [-0.4, -0.2) is 41.5 Å². The Balaban J connectivity index is 0.00000243. The number of hydrogen-bond donors (Lipinski definition) is 2. The van der Waals surface area contributed by atoms with Crippen LogP contribution in [0.3, 0.4) is 0 Å². The summed E-state index contributed by atoms with van der Waals surface area (Å²) in [6.45, 7) is 5.43. The van der Waals surface area contributed by atoms with Crippen LogP contribution in [0.4, 0.5) is 0 Å². The smallest absolute Gasteiger partial charge is 0.237 e. The van der Waals surface area contributed by atoms with E-state index >= 15 is 0 Å². The number of amides is 1. The van der Waals surface area contributed by atoms with Crippen molar-refractivity contribution in [2.24, 2.45) is 0 Å². The van der Waals surface area contributed by atoms with Gasteiger partial charge < -0.3 is 15.4 Å². The number of halogens is 1. The van der Waals surface area contributed by atoms with Crippen molar-refractivity contribution < 1.29 is 9.53 Å². The second-order valence-electron chi connectivity index (χ2n) is 6.75. The van der Waals surface area contributed by atoms with Gasteiger partial charge in [-0.1, -0.05) is 32.0 Å². The molecule has 2 N–H and O–H groups in total. The van der Waals surface area contributed by atoms with Crippen LogP contribution < -0.4 is 10.6 Å². The zero-order valence-electron chi connectivity index (χ0n) is 15.4. The van der Waals surface area contributed by atoms with Crippen molar-refractivity contribution in [2.75, 3.05) is 13.7 Å². The van der Waals surface area contributed by atoms with Gasteiger partial charge in [0.1, 0.15) is 0 Å². The summed E-state index contributed by atoms with van der Waals surface area (Å²) in [7, 11) is 1.68. The third-order valence-electron chi connectivity index (χ3n) is 4.58. The van der Waals surface area contributed by atoms with E-state index in [1.165, 1.54) is 0 Å². The van der Waals surface area contributed by atoms with Crippen LogP contribution in [-0.2, 0) is 16.1 Å². The molecule has 1 amide bonds. The maximum Gasteiger partial charge on any atom is 0.237 e. The van der Waals surface area contributed by atoms with Gasteiger partial charge in [-0.15, -0.1) is 12.4 Å². The molecule has 1 saturated heterocycles. The Hall–Kier alpha value is -1.89. The van der Waals surface area contributed by atoms with E-state index in [0.717, 1.165) is 23.5 Å². The first-order valence-corrected chi connectivity index (χ1v) is 8.76. The Bertz CT molecular complexity index is 718. The van der Waals surface area contributed by atoms with Gasteiger partial charge in [-0.25, -0.2) is 4.68 Å². The van der Waals surface area contributed by atoms with E-state index in [4.69, 9.17) is 9.84 Å². The number of carbonyl (C=O) groups is 1. The van der Waals surface area contributed by atoms with Gasteiger partial charge in [-0.2, -0.15) is 5.10 Å². The molecule has 6 nitrogen and oxygen atoms in total. The number of methoxy groups -OCH3 is 1. The summed E-state index contributed by atoms with van der Waals surface area (Å²) < 4.78 is 7.18. The number of rotatable bonds is 6. The lowest BCUT2D eigenvalue weighted by Gasteiger charge is -2.12. The summed E-state index contributed by atoms with van der Waals surface area (Å²) in [4.78, 5) is 12.4. The lowest BCUT2D eigenvalue weighted by Crippen LogP contribution is -2.40. The fourth-order valence-electron chi connectivity index (χ4n) is 3.15. The summed E-state index contributed by atoms with van der Waals surface area (Å²) in [5.74, 6) is 0.307. The second kappa shape index (κ2) is 9.16. The van der Waals surface area contributed by atoms with E-state index in [2.05, 4.69) is 24.5 Å². The van der Waals surface area contributed by atoms with Gasteiger partial charge >= 0.3 is 0 Å². The van der Waals surface area contributed by atoms with E-state index in [9.17, 15) is 4.79 Å². The molecule has 2 atom stereocenters. The van der Waals surface area contributed by atoms with Gasteiger partial charge in [0.15, 0.2) is 0 Å². The number of carbonyl (C=O) groups excluding carboxylic acids is 1. The largest absolute Gasteiger partial charge is 0.380 e. The summed E-state index contributed by atoms with van der Waals surface area (Å²) in [5.41, 5.74) is 3.08. The standard InChI is InChI=1S/C19H26N4O2.ClH/c1-13(2)18-14(12-23(22-18)15-7-5-4-6-8-15)10-21-19(24)17-9-16(25-3)11-20-17;/h4-8,12-13,16-17,20H,9-11H2,1-3H3,(H,21,24);1H/t16-,17+;/m0./s1. The van der Waals surface area contributed by atoms with Gasteiger partial charge in [0.2, 0.25) is 5.91 Å². The van der Waals surface area contributed by atoms with Crippen LogP contribution in [0.5, 0.6) is 0 Å². The van der Waals surface area contributed by atoms with Crippen LogP contribution in [0.25, 0.3) is 5.69 Å². The zero-order chi connectivity index (χ0) is 17.8. The van der Waals surface area contributed by atoms with E-state index < -0.39 is 0 Å². The van der Waals surface area contributed by atoms with E-state index in [1.54, 1.807) is 7.11 Å². The molecule has 1 aliphatic rings. The minimum absolute atomic E-state index is 0. The fourth-order valence-corrected chi connectivity index (χ4v) is 3.15. The second-order valence-corrected chi connectivity index (χ2v) is 6.75. The topological polar surface area (TPSA) is 68.2 Å². The highest BCUT2D eigenvalue weighted by molar-refractivity contribution is 5.85. The number of para-hydroxylation sites is 1. The van der Waals surface area contributed by atoms with Gasteiger partial charge in [-0.05, 0) is 24.5 Å². The zero-order valence-corrected chi connectivity index (χ0v) is 16.3. The molecule has 0 radical (unpaired) electrons. The SMILES string of the molecule is CO[C@@H]1CN[C@@H](C(=O)NCc2cn(-c3ccccc3)nc2C(C)C)C1.Cl. The lowest BCUT2D eigenvalue weighted by molar-refractivity contribution is -0.123. The van der Waals surface area contributed by atoms with Crippen molar-refractivity contribution in [1.29, 1.82) is 0 Å². The van der Waals surface area contributed by atoms with Gasteiger partial charge in [0.25, 0.3) is 0 Å². The molecule has 0 bridgehead atoms. The highest BCUT2D eigenvalue weighted by atomic mass is 35.5. The summed E-state index contributed by atoms with van der Waals surface area (Å²) in [6.07, 6.45) is 2.83. The average molecular weight is 379 g/mol. The molecule has 1 fully saturated rings. The van der Waals surface area contributed by atoms with E-state index in [0.29, 0.717) is 18.9 Å². The molecule has 7 heteroatoms. The van der Waals surface area contributed by atoms with Crippen molar-refractivity contribution in [3.63, 3.8) is 0 Å². The number of ether oxygens (including phenoxy) is 1. The molecular formula is C19H27ClN4O2. The van der Waals surface area contributed by atoms with Crippen molar-refractivity contribution in [2.45, 2.75) is 44.9 Å².